The molecule has 0 unspecified atom stereocenters. The maximum atomic E-state index is 13.2. The SMILES string of the molecule is CCC(=O)OCOc1c(C(=O)c2cc(C)c(S(C)(=O)=O)cc2C)c(C)nn1C. The molecule has 1 aromatic carbocycles. The maximum absolute atomic E-state index is 13.2. The fourth-order valence-corrected chi connectivity index (χ4v) is 3.92. The van der Waals surface area contributed by atoms with Gasteiger partial charge in [0.25, 0.3) is 0 Å². The zero-order chi connectivity index (χ0) is 21.2. The third kappa shape index (κ3) is 4.41. The summed E-state index contributed by atoms with van der Waals surface area (Å²) in [5.74, 6) is -0.590. The summed E-state index contributed by atoms with van der Waals surface area (Å²) in [6.07, 6.45) is 1.34. The molecule has 0 amide bonds. The van der Waals surface area contributed by atoms with Crippen LogP contribution in [0.5, 0.6) is 5.88 Å². The Hall–Kier alpha value is -2.68. The molecule has 8 nitrogen and oxygen atoms in total. The summed E-state index contributed by atoms with van der Waals surface area (Å²) in [5.41, 5.74) is 2.06. The number of esters is 1. The third-order valence-electron chi connectivity index (χ3n) is 4.27. The molecule has 0 aliphatic carbocycles. The summed E-state index contributed by atoms with van der Waals surface area (Å²) in [4.78, 5) is 24.7. The van der Waals surface area contributed by atoms with Crippen LogP contribution in [0.1, 0.15) is 46.1 Å². The van der Waals surface area contributed by atoms with Gasteiger partial charge in [-0.1, -0.05) is 6.92 Å². The van der Waals surface area contributed by atoms with E-state index in [2.05, 4.69) is 5.10 Å². The highest BCUT2D eigenvalue weighted by Gasteiger charge is 2.26. The van der Waals surface area contributed by atoms with Gasteiger partial charge in [0.1, 0.15) is 5.56 Å². The number of benzene rings is 1. The Labute approximate surface area is 164 Å². The van der Waals surface area contributed by atoms with Crippen molar-refractivity contribution in [2.45, 2.75) is 39.0 Å². The molecule has 0 atom stereocenters. The maximum Gasteiger partial charge on any atom is 0.308 e. The second-order valence-electron chi connectivity index (χ2n) is 6.56. The van der Waals surface area contributed by atoms with Gasteiger partial charge < -0.3 is 9.47 Å². The molecule has 152 valence electrons. The van der Waals surface area contributed by atoms with Gasteiger partial charge in [-0.3, -0.25) is 9.59 Å². The topological polar surface area (TPSA) is 105 Å². The van der Waals surface area contributed by atoms with Gasteiger partial charge in [0.15, 0.2) is 9.84 Å². The number of hydrogen-bond donors (Lipinski definition) is 0. The number of nitrogens with zero attached hydrogens (tertiary/aromatic N) is 2. The lowest BCUT2D eigenvalue weighted by Gasteiger charge is -2.12. The van der Waals surface area contributed by atoms with Crippen LogP contribution in [-0.4, -0.2) is 43.0 Å². The van der Waals surface area contributed by atoms with E-state index < -0.39 is 15.8 Å². The molecule has 2 aromatic rings. The van der Waals surface area contributed by atoms with Crippen molar-refractivity contribution < 1.29 is 27.5 Å². The fourth-order valence-electron chi connectivity index (χ4n) is 2.89. The Morgan fingerprint density at radius 3 is 2.36 bits per heavy atom. The van der Waals surface area contributed by atoms with Gasteiger partial charge in [0.05, 0.1) is 10.6 Å². The first-order valence-corrected chi connectivity index (χ1v) is 10.5. The van der Waals surface area contributed by atoms with Gasteiger partial charge in [-0.05, 0) is 44.0 Å². The highest BCUT2D eigenvalue weighted by molar-refractivity contribution is 7.90. The van der Waals surface area contributed by atoms with Crippen LogP contribution in [0.2, 0.25) is 0 Å². The van der Waals surface area contributed by atoms with E-state index in [1.807, 2.05) is 0 Å². The summed E-state index contributed by atoms with van der Waals surface area (Å²) in [6.45, 7) is 6.32. The molecule has 0 N–H and O–H groups in total. The molecule has 0 fully saturated rings. The van der Waals surface area contributed by atoms with E-state index in [4.69, 9.17) is 9.47 Å². The molecule has 0 aliphatic rings. The highest BCUT2D eigenvalue weighted by atomic mass is 32.2. The first-order valence-electron chi connectivity index (χ1n) is 8.65. The van der Waals surface area contributed by atoms with Crippen LogP contribution in [0.3, 0.4) is 0 Å². The third-order valence-corrected chi connectivity index (χ3v) is 5.51. The zero-order valence-electron chi connectivity index (χ0n) is 16.8. The minimum atomic E-state index is -3.40. The van der Waals surface area contributed by atoms with Crippen LogP contribution in [-0.2, 0) is 26.4 Å². The summed E-state index contributed by atoms with van der Waals surface area (Å²) in [7, 11) is -1.78. The lowest BCUT2D eigenvalue weighted by molar-refractivity contribution is -0.150. The predicted octanol–water partition coefficient (Wildman–Crippen LogP) is 2.27. The Bertz CT molecular complexity index is 1040. The molecule has 1 heterocycles. The van der Waals surface area contributed by atoms with Crippen molar-refractivity contribution in [3.05, 3.63) is 40.1 Å². The molecule has 0 radical (unpaired) electrons. The van der Waals surface area contributed by atoms with Crippen molar-refractivity contribution in [1.82, 2.24) is 9.78 Å². The van der Waals surface area contributed by atoms with E-state index in [-0.39, 0.29) is 35.3 Å². The first-order chi connectivity index (χ1) is 13.0. The number of aromatic nitrogens is 2. The molecule has 0 saturated heterocycles. The van der Waals surface area contributed by atoms with Gasteiger partial charge in [0.2, 0.25) is 18.5 Å². The number of rotatable bonds is 7. The molecule has 9 heteroatoms. The zero-order valence-corrected chi connectivity index (χ0v) is 17.6. The Kier molecular flexibility index (Phi) is 6.28. The highest BCUT2D eigenvalue weighted by Crippen LogP contribution is 2.28. The second-order valence-corrected chi connectivity index (χ2v) is 8.54. The summed E-state index contributed by atoms with van der Waals surface area (Å²) in [6, 6.07) is 3.05. The first kappa shape index (κ1) is 21.6. The lowest BCUT2D eigenvalue weighted by Crippen LogP contribution is -2.14. The van der Waals surface area contributed by atoms with E-state index in [1.165, 1.54) is 10.7 Å². The van der Waals surface area contributed by atoms with Crippen molar-refractivity contribution in [1.29, 1.82) is 0 Å². The average Bonchev–Trinajstić information content (AvgIpc) is 2.88. The molecule has 28 heavy (non-hydrogen) atoms. The van der Waals surface area contributed by atoms with Crippen LogP contribution in [0.25, 0.3) is 0 Å². The average molecular weight is 408 g/mol. The van der Waals surface area contributed by atoms with Crippen molar-refractivity contribution in [2.24, 2.45) is 7.05 Å². The van der Waals surface area contributed by atoms with Crippen molar-refractivity contribution >= 4 is 21.6 Å². The van der Waals surface area contributed by atoms with Gasteiger partial charge >= 0.3 is 5.97 Å². The fraction of sp³-hybridized carbons (Fsp3) is 0.421. The lowest BCUT2D eigenvalue weighted by atomic mass is 9.97. The van der Waals surface area contributed by atoms with Crippen LogP contribution >= 0.6 is 0 Å². The van der Waals surface area contributed by atoms with Gasteiger partial charge in [-0.25, -0.2) is 13.1 Å². The standard InChI is InChI=1S/C19H24N2O6S/c1-7-16(22)26-10-27-19-17(13(4)20-21(19)5)18(23)14-8-12(3)15(9-11(14)2)28(6,24)25/h8-9H,7,10H2,1-6H3. The van der Waals surface area contributed by atoms with E-state index >= 15 is 0 Å². The predicted molar refractivity (Wildman–Crippen MR) is 102 cm³/mol. The molecular formula is C19H24N2O6S. The monoisotopic (exact) mass is 408 g/mol. The molecular weight excluding hydrogens is 384 g/mol. The van der Waals surface area contributed by atoms with E-state index in [0.29, 0.717) is 22.4 Å². The van der Waals surface area contributed by atoms with Gasteiger partial charge in [-0.15, -0.1) is 0 Å². The Morgan fingerprint density at radius 2 is 1.79 bits per heavy atom. The van der Waals surface area contributed by atoms with Crippen LogP contribution in [0, 0.1) is 20.8 Å². The van der Waals surface area contributed by atoms with E-state index in [1.54, 1.807) is 40.8 Å². The molecule has 2 rings (SSSR count). The molecule has 0 spiro atoms. The molecule has 0 bridgehead atoms. The number of carbonyl (C=O) groups is 2. The molecule has 1 aromatic heterocycles. The van der Waals surface area contributed by atoms with Crippen molar-refractivity contribution in [3.8, 4) is 5.88 Å². The summed E-state index contributed by atoms with van der Waals surface area (Å²) in [5, 5.41) is 4.22. The number of carbonyl (C=O) groups excluding carboxylic acids is 2. The normalized spacial score (nSPS) is 11.4. The smallest absolute Gasteiger partial charge is 0.308 e. The number of hydrogen-bond acceptors (Lipinski definition) is 7. The summed E-state index contributed by atoms with van der Waals surface area (Å²) < 4.78 is 35.6. The van der Waals surface area contributed by atoms with Crippen molar-refractivity contribution in [2.75, 3.05) is 13.0 Å². The molecule has 0 aliphatic heterocycles. The van der Waals surface area contributed by atoms with Crippen LogP contribution in [0.4, 0.5) is 0 Å². The quantitative estimate of drug-likeness (QED) is 0.393. The minimum Gasteiger partial charge on any atom is -0.440 e. The Balaban J connectivity index is 2.45. The largest absolute Gasteiger partial charge is 0.440 e. The molecule has 0 saturated carbocycles. The van der Waals surface area contributed by atoms with Gasteiger partial charge in [-0.2, -0.15) is 5.10 Å². The van der Waals surface area contributed by atoms with Crippen LogP contribution < -0.4 is 4.74 Å². The number of ether oxygens (including phenoxy) is 2. The second kappa shape index (κ2) is 8.14. The van der Waals surface area contributed by atoms with E-state index in [9.17, 15) is 18.0 Å². The van der Waals surface area contributed by atoms with Gasteiger partial charge in [0, 0.05) is 25.3 Å². The Morgan fingerprint density at radius 1 is 1.14 bits per heavy atom. The number of sulfone groups is 1. The summed E-state index contributed by atoms with van der Waals surface area (Å²) >= 11 is 0. The van der Waals surface area contributed by atoms with Crippen LogP contribution in [0.15, 0.2) is 17.0 Å². The van der Waals surface area contributed by atoms with Crippen molar-refractivity contribution in [3.63, 3.8) is 0 Å². The number of ketones is 1. The number of aryl methyl sites for hydroxylation is 4. The van der Waals surface area contributed by atoms with E-state index in [0.717, 1.165) is 6.26 Å². The minimum absolute atomic E-state index is 0.177.